The van der Waals surface area contributed by atoms with Gasteiger partial charge in [-0.25, -0.2) is 9.24 Å². The number of aromatic hydroxyl groups is 1. The normalized spacial score (nSPS) is 20.3. The van der Waals surface area contributed by atoms with Crippen molar-refractivity contribution in [2.45, 2.75) is 89.7 Å². The second-order valence-corrected chi connectivity index (χ2v) is 13.4. The second kappa shape index (κ2) is 14.3. The number of imide groups is 1. The first-order valence-electron chi connectivity index (χ1n) is 15.0. The molecular formula is C31H39BrN3O7P. The largest absolute Gasteiger partial charge is 0.506 e. The van der Waals surface area contributed by atoms with Crippen LogP contribution in [0.4, 0.5) is 0 Å². The van der Waals surface area contributed by atoms with Gasteiger partial charge in [0, 0.05) is 22.9 Å². The molecule has 4 amide bonds. The Labute approximate surface area is 261 Å². The van der Waals surface area contributed by atoms with Gasteiger partial charge < -0.3 is 15.5 Å². The Balaban J connectivity index is 1.68. The number of phenols is 1. The predicted octanol–water partition coefficient (Wildman–Crippen LogP) is 5.73. The molecule has 2 aliphatic rings. The molecule has 2 aliphatic heterocycles. The Morgan fingerprint density at radius 3 is 2.35 bits per heavy atom. The molecule has 1 saturated heterocycles. The van der Waals surface area contributed by atoms with Crippen LogP contribution in [0.3, 0.4) is 0 Å². The molecule has 0 saturated carbocycles. The third-order valence-electron chi connectivity index (χ3n) is 8.20. The first kappa shape index (κ1) is 33.0. The molecule has 1 fully saturated rings. The Morgan fingerprint density at radius 1 is 1.07 bits per heavy atom. The highest BCUT2D eigenvalue weighted by Crippen LogP contribution is 2.40. The molecule has 0 radical (unpaired) electrons. The second-order valence-electron chi connectivity index (χ2n) is 12.0. The summed E-state index contributed by atoms with van der Waals surface area (Å²) in [5, 5.41) is 26.0. The third kappa shape index (κ3) is 7.10. The Bertz CT molecular complexity index is 1420. The number of phenolic OH excluding ortho intramolecular Hbond substituents is 1. The number of benzene rings is 2. The van der Waals surface area contributed by atoms with Gasteiger partial charge in [-0.2, -0.15) is 0 Å². The zero-order valence-corrected chi connectivity index (χ0v) is 27.1. The number of hydrogen-bond donors (Lipinski definition) is 3. The average molecular weight is 677 g/mol. The number of carbonyl (C=O) groups is 4. The summed E-state index contributed by atoms with van der Waals surface area (Å²) < 4.78 is 13.7. The van der Waals surface area contributed by atoms with Crippen molar-refractivity contribution in [1.29, 1.82) is 0 Å². The average Bonchev–Trinajstić information content (AvgIpc) is 2.99. The number of hydrogen-bond acceptors (Lipinski definition) is 7. The highest BCUT2D eigenvalue weighted by molar-refractivity contribution is 9.10. The van der Waals surface area contributed by atoms with Crippen molar-refractivity contribution in [3.8, 4) is 5.75 Å². The van der Waals surface area contributed by atoms with Crippen LogP contribution in [-0.2, 0) is 14.2 Å². The molecule has 10 nitrogen and oxygen atoms in total. The molecule has 0 spiro atoms. The quantitative estimate of drug-likeness (QED) is 0.251. The summed E-state index contributed by atoms with van der Waals surface area (Å²) in [5.74, 6) is -3.28. The van der Waals surface area contributed by atoms with E-state index in [0.717, 1.165) is 54.5 Å². The van der Waals surface area contributed by atoms with Crippen molar-refractivity contribution >= 4 is 58.9 Å². The number of aliphatic hydroxyl groups is 1. The summed E-state index contributed by atoms with van der Waals surface area (Å²) >= 11 is 3.26. The van der Waals surface area contributed by atoms with Crippen molar-refractivity contribution in [2.24, 2.45) is 5.92 Å². The first-order chi connectivity index (χ1) is 20.5. The fourth-order valence-corrected chi connectivity index (χ4v) is 7.17. The van der Waals surface area contributed by atoms with E-state index >= 15 is 0 Å². The zero-order valence-electron chi connectivity index (χ0n) is 24.6. The molecule has 12 heteroatoms. The van der Waals surface area contributed by atoms with E-state index < -0.39 is 50.4 Å². The van der Waals surface area contributed by atoms with E-state index in [1.54, 1.807) is 26.0 Å². The summed E-state index contributed by atoms with van der Waals surface area (Å²) in [7, 11) is -0.766. The molecule has 43 heavy (non-hydrogen) atoms. The van der Waals surface area contributed by atoms with Crippen molar-refractivity contribution < 1.29 is 34.0 Å². The van der Waals surface area contributed by atoms with Crippen molar-refractivity contribution in [2.75, 3.05) is 13.1 Å². The van der Waals surface area contributed by atoms with E-state index in [0.29, 0.717) is 18.4 Å². The molecule has 232 valence electrons. The molecule has 0 aromatic heterocycles. The fraction of sp³-hybridized carbons (Fsp3) is 0.548. The van der Waals surface area contributed by atoms with E-state index in [1.165, 1.54) is 12.1 Å². The molecule has 3 N–H and O–H groups in total. The predicted molar refractivity (Wildman–Crippen MR) is 166 cm³/mol. The Hall–Kier alpha value is -2.88. The summed E-state index contributed by atoms with van der Waals surface area (Å²) in [6.45, 7) is 3.28. The summed E-state index contributed by atoms with van der Waals surface area (Å²) in [6, 6.07) is 5.01. The molecule has 0 bridgehead atoms. The van der Waals surface area contributed by atoms with Gasteiger partial charge >= 0.3 is 0 Å². The van der Waals surface area contributed by atoms with E-state index in [2.05, 4.69) is 21.2 Å². The maximum absolute atomic E-state index is 14.1. The molecule has 4 rings (SSSR count). The number of carbonyl (C=O) groups excluding carboxylic acids is 4. The smallest absolute Gasteiger partial charge is 0.285 e. The van der Waals surface area contributed by atoms with Gasteiger partial charge in [-0.15, -0.1) is 0 Å². The standard InChI is InChI=1S/C31H39BrN3O7P/c1-19(2)17-31(41,30(40)35(43-42)24-14-9-7-5-3-4-6-8-10-15-33-27(24)37)18-34-28(38)21-13-11-12-20-25(21)22(29(34)39)16-23(32)26(20)36/h11-13,16,19,24,36,41H,3-10,14-15,17-18H2,1-2H3,(H,33,37). The summed E-state index contributed by atoms with van der Waals surface area (Å²) in [4.78, 5) is 55.7. The van der Waals surface area contributed by atoms with E-state index in [1.807, 2.05) is 0 Å². The van der Waals surface area contributed by atoms with Gasteiger partial charge in [0.1, 0.15) is 11.8 Å². The Morgan fingerprint density at radius 2 is 1.70 bits per heavy atom. The van der Waals surface area contributed by atoms with Crippen LogP contribution < -0.4 is 5.32 Å². The van der Waals surface area contributed by atoms with Gasteiger partial charge in [0.25, 0.3) is 26.3 Å². The van der Waals surface area contributed by atoms with Crippen LogP contribution >= 0.6 is 24.5 Å². The lowest BCUT2D eigenvalue weighted by Crippen LogP contribution is -2.59. The van der Waals surface area contributed by atoms with Gasteiger partial charge in [0.15, 0.2) is 5.60 Å². The maximum Gasteiger partial charge on any atom is 0.285 e. The Kier molecular flexibility index (Phi) is 11.0. The molecule has 2 aromatic carbocycles. The molecular weight excluding hydrogens is 637 g/mol. The van der Waals surface area contributed by atoms with Crippen molar-refractivity contribution in [3.05, 3.63) is 39.9 Å². The molecule has 2 atom stereocenters. The van der Waals surface area contributed by atoms with Crippen LogP contribution in [0.15, 0.2) is 28.7 Å². The van der Waals surface area contributed by atoms with Gasteiger partial charge in [-0.1, -0.05) is 70.9 Å². The lowest BCUT2D eigenvalue weighted by Gasteiger charge is -2.38. The van der Waals surface area contributed by atoms with Crippen molar-refractivity contribution in [1.82, 2.24) is 14.9 Å². The monoisotopic (exact) mass is 675 g/mol. The lowest BCUT2D eigenvalue weighted by molar-refractivity contribution is -0.152. The number of β-amino-alcohol motifs (C(OH)–C–C–N with tert-alkyl or cyclic N) is 1. The SMILES string of the molecule is CC(C)CC(O)(CN1C(=O)c2cccc3c(O)c(Br)cc(c23)C1=O)C(=O)N(P=O)C1CCCCCCCCCCNC1=O. The number of amides is 4. The highest BCUT2D eigenvalue weighted by Gasteiger charge is 2.48. The van der Waals surface area contributed by atoms with E-state index in [9.17, 15) is 34.0 Å². The van der Waals surface area contributed by atoms with Crippen LogP contribution in [0, 0.1) is 5.92 Å². The summed E-state index contributed by atoms with van der Waals surface area (Å²) in [6.07, 6.45) is 7.68. The van der Waals surface area contributed by atoms with E-state index in [4.69, 9.17) is 0 Å². The zero-order chi connectivity index (χ0) is 31.3. The van der Waals surface area contributed by atoms with Crippen LogP contribution in [0.2, 0.25) is 0 Å². The first-order valence-corrected chi connectivity index (χ1v) is 16.5. The van der Waals surface area contributed by atoms with Crippen molar-refractivity contribution in [3.63, 3.8) is 0 Å². The highest BCUT2D eigenvalue weighted by atomic mass is 79.9. The van der Waals surface area contributed by atoms with Crippen LogP contribution in [-0.4, -0.2) is 68.1 Å². The van der Waals surface area contributed by atoms with Gasteiger partial charge in [0.05, 0.1) is 16.6 Å². The number of rotatable bonds is 7. The summed E-state index contributed by atoms with van der Waals surface area (Å²) in [5.41, 5.74) is -2.05. The molecule has 2 heterocycles. The minimum absolute atomic E-state index is 0.114. The van der Waals surface area contributed by atoms with Crippen LogP contribution in [0.25, 0.3) is 10.8 Å². The molecule has 2 aromatic rings. The minimum atomic E-state index is -2.32. The van der Waals surface area contributed by atoms with E-state index in [-0.39, 0.29) is 45.5 Å². The third-order valence-corrected chi connectivity index (χ3v) is 9.44. The van der Waals surface area contributed by atoms with Crippen LogP contribution in [0.1, 0.15) is 98.8 Å². The lowest BCUT2D eigenvalue weighted by atomic mass is 9.88. The van der Waals surface area contributed by atoms with Gasteiger partial charge in [-0.05, 0) is 53.2 Å². The van der Waals surface area contributed by atoms with Crippen LogP contribution in [0.5, 0.6) is 5.75 Å². The molecule has 0 aliphatic carbocycles. The number of nitrogens with one attached hydrogen (secondary N) is 1. The molecule has 2 unspecified atom stereocenters. The fourth-order valence-electron chi connectivity index (χ4n) is 6.13. The maximum atomic E-state index is 14.1. The minimum Gasteiger partial charge on any atom is -0.506 e. The van der Waals surface area contributed by atoms with Gasteiger partial charge in [-0.3, -0.25) is 24.1 Å². The van der Waals surface area contributed by atoms with Gasteiger partial charge in [0.2, 0.25) is 5.91 Å². The number of halogens is 1. The topological polar surface area (TPSA) is 144 Å². The number of nitrogens with zero attached hydrogens (tertiary/aromatic N) is 2.